The Kier molecular flexibility index (Phi) is 36.7. The molecule has 0 heterocycles. The van der Waals surface area contributed by atoms with Crippen LogP contribution in [0.3, 0.4) is 0 Å². The molecule has 0 unspecified atom stereocenters. The molecule has 0 saturated heterocycles. The largest absolute Gasteiger partial charge is 1.00 e. The van der Waals surface area contributed by atoms with E-state index in [9.17, 15) is 0 Å². The van der Waals surface area contributed by atoms with Crippen LogP contribution in [0.5, 0.6) is 0 Å². The molecule has 0 radical (unpaired) electrons. The van der Waals surface area contributed by atoms with Crippen LogP contribution in [0.15, 0.2) is 0 Å². The molecule has 0 fully saturated rings. The predicted octanol–water partition coefficient (Wildman–Crippen LogP) is 5.03. The average Bonchev–Trinajstić information content (AvgIpc) is 2.68. The molecule has 0 aliphatic heterocycles. The normalized spacial score (nSPS) is 11.0. The molecule has 5 nitrogen and oxygen atoms in total. The Labute approximate surface area is 217 Å². The van der Waals surface area contributed by atoms with Gasteiger partial charge in [0.2, 0.25) is 0 Å². The van der Waals surface area contributed by atoms with Crippen LogP contribution >= 0.6 is 7.82 Å². The molecule has 0 saturated carbocycles. The van der Waals surface area contributed by atoms with Crippen LogP contribution in [0, 0.1) is 0 Å². The molecule has 0 amide bonds. The van der Waals surface area contributed by atoms with Gasteiger partial charge in [0, 0.05) is 13.2 Å². The Morgan fingerprint density at radius 2 is 0.710 bits per heavy atom. The zero-order chi connectivity index (χ0) is 22.8. The monoisotopic (exact) mass is 476 g/mol. The summed E-state index contributed by atoms with van der Waals surface area (Å²) in [6.45, 7) is 6.57. The number of unbranched alkanes of at least 4 members (excludes halogenated alkanes) is 18. The smallest absolute Gasteiger partial charge is 1.00 e. The van der Waals surface area contributed by atoms with Crippen LogP contribution < -0.4 is 29.6 Å². The van der Waals surface area contributed by atoms with Gasteiger partial charge >= 0.3 is 37.4 Å². The first-order valence-electron chi connectivity index (χ1n) is 12.8. The minimum absolute atomic E-state index is 0. The second kappa shape index (κ2) is 31.1. The van der Waals surface area contributed by atoms with E-state index in [1.165, 1.54) is 128 Å². The fraction of sp³-hybridized carbons (Fsp3) is 1.00. The van der Waals surface area contributed by atoms with Crippen LogP contribution in [-0.4, -0.2) is 27.9 Å². The molecule has 0 bridgehead atoms. The maximum Gasteiger partial charge on any atom is 1.00 e. The van der Waals surface area contributed by atoms with Crippen molar-refractivity contribution in [1.82, 2.24) is 0 Å². The molecule has 31 heavy (non-hydrogen) atoms. The second-order valence-electron chi connectivity index (χ2n) is 8.49. The summed E-state index contributed by atoms with van der Waals surface area (Å²) >= 11 is 0. The zero-order valence-electron chi connectivity index (χ0n) is 22.2. The van der Waals surface area contributed by atoms with Gasteiger partial charge in [-0.15, -0.1) is 0 Å². The van der Waals surface area contributed by atoms with Gasteiger partial charge in [-0.05, 0) is 12.8 Å². The summed E-state index contributed by atoms with van der Waals surface area (Å²) < 4.78 is 14.7. The van der Waals surface area contributed by atoms with E-state index >= 15 is 0 Å². The van der Waals surface area contributed by atoms with Crippen molar-refractivity contribution in [2.45, 2.75) is 142 Å². The molecule has 0 atom stereocenters. The first-order valence-corrected chi connectivity index (χ1v) is 14.3. The molecule has 0 aromatic heterocycles. The summed E-state index contributed by atoms with van der Waals surface area (Å²) in [6, 6.07) is 0. The Morgan fingerprint density at radius 1 is 0.516 bits per heavy atom. The predicted molar refractivity (Wildman–Crippen MR) is 130 cm³/mol. The van der Waals surface area contributed by atoms with Crippen LogP contribution in [0.4, 0.5) is 0 Å². The molecule has 7 heteroatoms. The molecule has 186 valence electrons. The van der Waals surface area contributed by atoms with Gasteiger partial charge in [0.15, 0.2) is 0 Å². The van der Waals surface area contributed by atoms with E-state index in [1.807, 2.05) is 0 Å². The van der Waals surface area contributed by atoms with Crippen molar-refractivity contribution in [3.05, 3.63) is 0 Å². The SMILES string of the molecule is CCCCCCCCCCCCOCCCCCCCCCCCC.O=P(O)(O)O.[H-].[Na+]. The Morgan fingerprint density at radius 3 is 0.935 bits per heavy atom. The Balaban J connectivity index is -0.000000501. The van der Waals surface area contributed by atoms with Crippen LogP contribution in [-0.2, 0) is 9.30 Å². The van der Waals surface area contributed by atoms with E-state index in [4.69, 9.17) is 24.0 Å². The van der Waals surface area contributed by atoms with Gasteiger partial charge in [0.05, 0.1) is 0 Å². The van der Waals surface area contributed by atoms with Gasteiger partial charge in [0.25, 0.3) is 0 Å². The van der Waals surface area contributed by atoms with E-state index in [0.717, 1.165) is 13.2 Å². The molecule has 0 aliphatic carbocycles. The van der Waals surface area contributed by atoms with Crippen molar-refractivity contribution in [1.29, 1.82) is 0 Å². The standard InChI is InChI=1S/C24H50O.Na.H3O4P.H/c1-3-5-7-9-11-13-15-17-19-21-23-25-24-22-20-18-16-14-12-10-8-6-4-2;;1-5(2,3)4;/h3-24H2,1-2H3;;(H3,1,2,3,4);/q;+1;;-1. The fourth-order valence-electron chi connectivity index (χ4n) is 3.49. The van der Waals surface area contributed by atoms with Crippen molar-refractivity contribution in [3.8, 4) is 0 Å². The third-order valence-corrected chi connectivity index (χ3v) is 5.28. The summed E-state index contributed by atoms with van der Waals surface area (Å²) in [5.41, 5.74) is 0. The minimum Gasteiger partial charge on any atom is -1.00 e. The molecule has 3 N–H and O–H groups in total. The van der Waals surface area contributed by atoms with Crippen molar-refractivity contribution >= 4 is 7.82 Å². The van der Waals surface area contributed by atoms with E-state index in [-0.39, 0.29) is 31.0 Å². The fourth-order valence-corrected chi connectivity index (χ4v) is 3.49. The maximum absolute atomic E-state index is 8.88. The summed E-state index contributed by atoms with van der Waals surface area (Å²) in [7, 11) is -4.64. The van der Waals surface area contributed by atoms with Crippen LogP contribution in [0.25, 0.3) is 0 Å². The van der Waals surface area contributed by atoms with E-state index in [2.05, 4.69) is 13.8 Å². The van der Waals surface area contributed by atoms with Crippen molar-refractivity contribution in [2.24, 2.45) is 0 Å². The van der Waals surface area contributed by atoms with Gasteiger partial charge < -0.3 is 20.8 Å². The quantitative estimate of drug-likeness (QED) is 0.116. The molecular weight excluding hydrogens is 422 g/mol. The van der Waals surface area contributed by atoms with Gasteiger partial charge in [-0.2, -0.15) is 0 Å². The van der Waals surface area contributed by atoms with E-state index in [1.54, 1.807) is 0 Å². The van der Waals surface area contributed by atoms with E-state index in [0.29, 0.717) is 0 Å². The average molecular weight is 477 g/mol. The van der Waals surface area contributed by atoms with Gasteiger partial charge in [-0.1, -0.05) is 129 Å². The molecule has 0 aromatic rings. The third-order valence-electron chi connectivity index (χ3n) is 5.28. The molecular formula is C24H54NaO5P. The van der Waals surface area contributed by atoms with Crippen LogP contribution in [0.1, 0.15) is 144 Å². The Hall–Kier alpha value is 1.07. The van der Waals surface area contributed by atoms with E-state index < -0.39 is 7.82 Å². The molecule has 0 aliphatic rings. The number of ether oxygens (including phenoxy) is 1. The summed E-state index contributed by atoms with van der Waals surface area (Å²) in [5, 5.41) is 0. The molecule has 0 spiro atoms. The van der Waals surface area contributed by atoms with Gasteiger partial charge in [-0.3, -0.25) is 0 Å². The summed E-state index contributed by atoms with van der Waals surface area (Å²) in [5.74, 6) is 0. The Bertz CT molecular complexity index is 329. The van der Waals surface area contributed by atoms with Crippen molar-refractivity contribution in [3.63, 3.8) is 0 Å². The molecule has 0 rings (SSSR count). The first-order chi connectivity index (χ1) is 14.4. The number of hydrogen-bond donors (Lipinski definition) is 3. The minimum atomic E-state index is -4.64. The van der Waals surface area contributed by atoms with Gasteiger partial charge in [-0.25, -0.2) is 4.57 Å². The zero-order valence-corrected chi connectivity index (χ0v) is 24.1. The maximum atomic E-state index is 8.88. The number of rotatable bonds is 22. The topological polar surface area (TPSA) is 87.0 Å². The number of phosphoric acid groups is 1. The second-order valence-corrected chi connectivity index (χ2v) is 9.52. The summed E-state index contributed by atoms with van der Waals surface area (Å²) in [4.78, 5) is 21.6. The van der Waals surface area contributed by atoms with Crippen molar-refractivity contribution < 1.29 is 55.0 Å². The third kappa shape index (κ3) is 49.3. The van der Waals surface area contributed by atoms with Crippen LogP contribution in [0.2, 0.25) is 0 Å². The molecule has 0 aromatic carbocycles. The number of hydrogen-bond acceptors (Lipinski definition) is 2. The van der Waals surface area contributed by atoms with Gasteiger partial charge in [0.1, 0.15) is 0 Å². The summed E-state index contributed by atoms with van der Waals surface area (Å²) in [6.07, 6.45) is 28.2. The van der Waals surface area contributed by atoms with Crippen molar-refractivity contribution in [2.75, 3.05) is 13.2 Å². The first kappa shape index (κ1) is 36.6.